The summed E-state index contributed by atoms with van der Waals surface area (Å²) in [6, 6.07) is 9.70. The highest BCUT2D eigenvalue weighted by atomic mass is 35.5. The molecular formula is C16H16Cl2N2. The van der Waals surface area contributed by atoms with Gasteiger partial charge in [-0.2, -0.15) is 0 Å². The molecule has 1 aromatic carbocycles. The number of halogens is 2. The summed E-state index contributed by atoms with van der Waals surface area (Å²) in [6.45, 7) is 3.59. The summed E-state index contributed by atoms with van der Waals surface area (Å²) >= 11 is 12.1. The van der Waals surface area contributed by atoms with Crippen molar-refractivity contribution in [1.29, 1.82) is 0 Å². The van der Waals surface area contributed by atoms with Crippen molar-refractivity contribution < 1.29 is 0 Å². The lowest BCUT2D eigenvalue weighted by molar-refractivity contribution is 0.861. The van der Waals surface area contributed by atoms with Gasteiger partial charge in [0.2, 0.25) is 0 Å². The van der Waals surface area contributed by atoms with Crippen LogP contribution in [0.2, 0.25) is 10.0 Å². The highest BCUT2D eigenvalue weighted by molar-refractivity contribution is 6.42. The van der Waals surface area contributed by atoms with Gasteiger partial charge in [0.15, 0.2) is 0 Å². The molecule has 0 saturated heterocycles. The monoisotopic (exact) mass is 306 g/mol. The van der Waals surface area contributed by atoms with Crippen molar-refractivity contribution in [3.63, 3.8) is 0 Å². The molecule has 0 aliphatic heterocycles. The number of hydrogen-bond donors (Lipinski definition) is 0. The van der Waals surface area contributed by atoms with E-state index in [1.807, 2.05) is 43.5 Å². The van der Waals surface area contributed by atoms with E-state index >= 15 is 0 Å². The fourth-order valence-electron chi connectivity index (χ4n) is 1.89. The molecule has 1 aromatic heterocycles. The van der Waals surface area contributed by atoms with Crippen LogP contribution in [0.3, 0.4) is 0 Å². The van der Waals surface area contributed by atoms with Crippen molar-refractivity contribution in [3.05, 3.63) is 70.5 Å². The fourth-order valence-corrected chi connectivity index (χ4v) is 2.18. The average Bonchev–Trinajstić information content (AvgIpc) is 2.47. The first kappa shape index (κ1) is 14.9. The van der Waals surface area contributed by atoms with E-state index < -0.39 is 0 Å². The van der Waals surface area contributed by atoms with Gasteiger partial charge in [0.1, 0.15) is 0 Å². The Balaban J connectivity index is 2.24. The summed E-state index contributed by atoms with van der Waals surface area (Å²) in [4.78, 5) is 6.37. The molecule has 0 aliphatic rings. The number of allylic oxidation sites excluding steroid dienone is 1. The van der Waals surface area contributed by atoms with Crippen LogP contribution < -0.4 is 4.90 Å². The van der Waals surface area contributed by atoms with Crippen molar-refractivity contribution in [1.82, 2.24) is 4.98 Å². The smallest absolute Gasteiger partial charge is 0.0612 e. The zero-order chi connectivity index (χ0) is 14.4. The molecule has 0 amide bonds. The molecule has 0 fully saturated rings. The maximum Gasteiger partial charge on any atom is 0.0612 e. The second kappa shape index (κ2) is 7.32. The van der Waals surface area contributed by atoms with Crippen LogP contribution in [-0.4, -0.2) is 11.5 Å². The molecule has 1 heterocycles. The van der Waals surface area contributed by atoms with E-state index in [1.54, 1.807) is 6.20 Å². The number of aromatic nitrogens is 1. The van der Waals surface area contributed by atoms with E-state index in [0.717, 1.165) is 24.3 Å². The summed E-state index contributed by atoms with van der Waals surface area (Å²) in [7, 11) is 0. The minimum atomic E-state index is 0.570. The van der Waals surface area contributed by atoms with Gasteiger partial charge in [-0.25, -0.2) is 0 Å². The van der Waals surface area contributed by atoms with Crippen molar-refractivity contribution in [2.75, 3.05) is 11.4 Å². The lowest BCUT2D eigenvalue weighted by Gasteiger charge is -2.24. The van der Waals surface area contributed by atoms with Crippen molar-refractivity contribution >= 4 is 28.9 Å². The number of anilines is 1. The Kier molecular flexibility index (Phi) is 5.45. The normalized spacial score (nSPS) is 10.9. The third-order valence-electron chi connectivity index (χ3n) is 2.93. The van der Waals surface area contributed by atoms with Crippen LogP contribution in [-0.2, 0) is 6.54 Å². The standard InChI is InChI=1S/C16H16Cl2N2/c1-2-3-9-20(12-13-5-4-8-19-11-13)14-6-7-15(17)16(18)10-14/h2-8,10-11H,9,12H2,1H3. The third-order valence-corrected chi connectivity index (χ3v) is 3.67. The molecular weight excluding hydrogens is 291 g/mol. The summed E-state index contributed by atoms with van der Waals surface area (Å²) in [5.74, 6) is 0. The number of pyridine rings is 1. The van der Waals surface area contributed by atoms with Crippen LogP contribution in [0.5, 0.6) is 0 Å². The SMILES string of the molecule is CC=CCN(Cc1cccnc1)c1ccc(Cl)c(Cl)c1. The van der Waals surface area contributed by atoms with E-state index in [9.17, 15) is 0 Å². The Morgan fingerprint density at radius 1 is 1.20 bits per heavy atom. The maximum absolute atomic E-state index is 6.11. The molecule has 2 rings (SSSR count). The van der Waals surface area contributed by atoms with E-state index in [4.69, 9.17) is 23.2 Å². The Labute approximate surface area is 129 Å². The first-order valence-corrected chi connectivity index (χ1v) is 7.16. The first-order valence-electron chi connectivity index (χ1n) is 6.40. The van der Waals surface area contributed by atoms with Crippen LogP contribution >= 0.6 is 23.2 Å². The van der Waals surface area contributed by atoms with Crippen molar-refractivity contribution in [3.8, 4) is 0 Å². The highest BCUT2D eigenvalue weighted by Crippen LogP contribution is 2.28. The molecule has 104 valence electrons. The maximum atomic E-state index is 6.11. The predicted molar refractivity (Wildman–Crippen MR) is 86.6 cm³/mol. The van der Waals surface area contributed by atoms with Gasteiger partial charge in [-0.05, 0) is 36.8 Å². The summed E-state index contributed by atoms with van der Waals surface area (Å²) < 4.78 is 0. The third kappa shape index (κ3) is 3.99. The molecule has 0 atom stereocenters. The Morgan fingerprint density at radius 2 is 2.05 bits per heavy atom. The Hall–Kier alpha value is -1.51. The van der Waals surface area contributed by atoms with Gasteiger partial charge in [0, 0.05) is 31.2 Å². The van der Waals surface area contributed by atoms with Gasteiger partial charge >= 0.3 is 0 Å². The van der Waals surface area contributed by atoms with E-state index in [2.05, 4.69) is 22.0 Å². The molecule has 0 unspecified atom stereocenters. The van der Waals surface area contributed by atoms with Gasteiger partial charge in [-0.1, -0.05) is 41.4 Å². The van der Waals surface area contributed by atoms with Gasteiger partial charge in [0.25, 0.3) is 0 Å². The molecule has 2 nitrogen and oxygen atoms in total. The number of hydrogen-bond acceptors (Lipinski definition) is 2. The summed E-state index contributed by atoms with van der Waals surface area (Å²) in [5, 5.41) is 1.14. The second-order valence-corrected chi connectivity index (χ2v) is 5.22. The number of rotatable bonds is 5. The van der Waals surface area contributed by atoms with Crippen LogP contribution in [0.15, 0.2) is 54.9 Å². The molecule has 20 heavy (non-hydrogen) atoms. The van der Waals surface area contributed by atoms with Crippen molar-refractivity contribution in [2.24, 2.45) is 0 Å². The zero-order valence-electron chi connectivity index (χ0n) is 11.3. The minimum Gasteiger partial charge on any atom is -0.363 e. The zero-order valence-corrected chi connectivity index (χ0v) is 12.8. The van der Waals surface area contributed by atoms with E-state index in [1.165, 1.54) is 0 Å². The average molecular weight is 307 g/mol. The fraction of sp³-hybridized carbons (Fsp3) is 0.188. The first-order chi connectivity index (χ1) is 9.70. The van der Waals surface area contributed by atoms with E-state index in [0.29, 0.717) is 10.0 Å². The number of nitrogens with zero attached hydrogens (tertiary/aromatic N) is 2. The van der Waals surface area contributed by atoms with Gasteiger partial charge in [-0.3, -0.25) is 4.98 Å². The topological polar surface area (TPSA) is 16.1 Å². The summed E-state index contributed by atoms with van der Waals surface area (Å²) in [5.41, 5.74) is 2.20. The minimum absolute atomic E-state index is 0.570. The molecule has 2 aromatic rings. The molecule has 0 radical (unpaired) electrons. The Morgan fingerprint density at radius 3 is 2.70 bits per heavy atom. The molecule has 4 heteroatoms. The van der Waals surface area contributed by atoms with Gasteiger partial charge in [-0.15, -0.1) is 0 Å². The molecule has 0 saturated carbocycles. The highest BCUT2D eigenvalue weighted by Gasteiger charge is 2.08. The lowest BCUT2D eigenvalue weighted by atomic mass is 10.2. The van der Waals surface area contributed by atoms with E-state index in [-0.39, 0.29) is 0 Å². The summed E-state index contributed by atoms with van der Waals surface area (Å²) in [6.07, 6.45) is 7.80. The lowest BCUT2D eigenvalue weighted by Crippen LogP contribution is -2.22. The van der Waals surface area contributed by atoms with Crippen LogP contribution in [0, 0.1) is 0 Å². The van der Waals surface area contributed by atoms with Crippen LogP contribution in [0.1, 0.15) is 12.5 Å². The molecule has 0 bridgehead atoms. The Bertz CT molecular complexity index is 582. The van der Waals surface area contributed by atoms with Crippen LogP contribution in [0.4, 0.5) is 5.69 Å². The van der Waals surface area contributed by atoms with Crippen LogP contribution in [0.25, 0.3) is 0 Å². The quantitative estimate of drug-likeness (QED) is 0.725. The second-order valence-electron chi connectivity index (χ2n) is 4.41. The van der Waals surface area contributed by atoms with Crippen molar-refractivity contribution in [2.45, 2.75) is 13.5 Å². The largest absolute Gasteiger partial charge is 0.363 e. The number of benzene rings is 1. The van der Waals surface area contributed by atoms with Gasteiger partial charge < -0.3 is 4.90 Å². The van der Waals surface area contributed by atoms with Gasteiger partial charge in [0.05, 0.1) is 10.0 Å². The molecule has 0 N–H and O–H groups in total. The predicted octanol–water partition coefficient (Wildman–Crippen LogP) is 4.97. The molecule has 0 aliphatic carbocycles. The molecule has 0 spiro atoms.